The van der Waals surface area contributed by atoms with Crippen LogP contribution in [0.1, 0.15) is 26.2 Å². The summed E-state index contributed by atoms with van der Waals surface area (Å²) in [5.41, 5.74) is 6.37. The van der Waals surface area contributed by atoms with E-state index in [4.69, 9.17) is 10.6 Å². The lowest BCUT2D eigenvalue weighted by molar-refractivity contribution is -0.128. The third-order valence-electron chi connectivity index (χ3n) is 2.42. The fraction of sp³-hybridized carbons (Fsp3) is 0.800. The number of carbonyl (C=O) groups is 1. The molecule has 0 aromatic rings. The molecule has 15 heavy (non-hydrogen) atoms. The van der Waals surface area contributed by atoms with E-state index in [-0.39, 0.29) is 5.91 Å². The molecule has 1 rings (SSSR count). The molecule has 0 aliphatic carbocycles. The van der Waals surface area contributed by atoms with Crippen LogP contribution in [0.4, 0.5) is 0 Å². The average molecular weight is 213 g/mol. The first kappa shape index (κ1) is 12.0. The lowest BCUT2D eigenvalue weighted by Gasteiger charge is -2.26. The molecule has 0 aromatic heterocycles. The van der Waals surface area contributed by atoms with Crippen molar-refractivity contribution in [1.82, 2.24) is 4.90 Å². The number of likely N-dealkylation sites (tertiary alicyclic amines) is 1. The third kappa shape index (κ3) is 4.29. The maximum atomic E-state index is 11.0. The lowest BCUT2D eigenvalue weighted by Crippen LogP contribution is -2.37. The highest BCUT2D eigenvalue weighted by Crippen LogP contribution is 2.07. The number of oxime groups is 1. The van der Waals surface area contributed by atoms with Crippen LogP contribution < -0.4 is 5.73 Å². The summed E-state index contributed by atoms with van der Waals surface area (Å²) >= 11 is 0. The SMILES string of the molecule is CC(=O)N1CCC(=NOCCCN)CC1. The first-order valence-corrected chi connectivity index (χ1v) is 5.37. The predicted octanol–water partition coefficient (Wildman–Crippen LogP) is 0.350. The Kier molecular flexibility index (Phi) is 5.10. The summed E-state index contributed by atoms with van der Waals surface area (Å²) in [5.74, 6) is 0.137. The van der Waals surface area contributed by atoms with Crippen LogP contribution in [0, 0.1) is 0 Å². The molecule has 0 spiro atoms. The Morgan fingerprint density at radius 2 is 2.20 bits per heavy atom. The maximum absolute atomic E-state index is 11.0. The molecule has 0 bridgehead atoms. The number of nitrogens with two attached hydrogens (primary N) is 1. The van der Waals surface area contributed by atoms with Crippen molar-refractivity contribution in [3.05, 3.63) is 0 Å². The van der Waals surface area contributed by atoms with Crippen molar-refractivity contribution in [2.45, 2.75) is 26.2 Å². The van der Waals surface area contributed by atoms with E-state index >= 15 is 0 Å². The molecule has 1 heterocycles. The van der Waals surface area contributed by atoms with Crippen LogP contribution in [0.15, 0.2) is 5.16 Å². The van der Waals surface area contributed by atoms with E-state index in [1.54, 1.807) is 6.92 Å². The fourth-order valence-electron chi connectivity index (χ4n) is 1.46. The molecule has 0 aromatic carbocycles. The van der Waals surface area contributed by atoms with Crippen LogP contribution in [-0.2, 0) is 9.63 Å². The molecule has 0 saturated carbocycles. The minimum absolute atomic E-state index is 0.137. The Balaban J connectivity index is 2.21. The van der Waals surface area contributed by atoms with Gasteiger partial charge in [0.25, 0.3) is 0 Å². The van der Waals surface area contributed by atoms with Gasteiger partial charge in [-0.05, 0) is 13.0 Å². The zero-order chi connectivity index (χ0) is 11.1. The molecule has 0 radical (unpaired) electrons. The Morgan fingerprint density at radius 1 is 1.53 bits per heavy atom. The summed E-state index contributed by atoms with van der Waals surface area (Å²) in [7, 11) is 0. The van der Waals surface area contributed by atoms with Gasteiger partial charge in [-0.25, -0.2) is 0 Å². The van der Waals surface area contributed by atoms with Crippen molar-refractivity contribution < 1.29 is 9.63 Å². The predicted molar refractivity (Wildman–Crippen MR) is 58.5 cm³/mol. The van der Waals surface area contributed by atoms with Crippen molar-refractivity contribution in [2.75, 3.05) is 26.2 Å². The van der Waals surface area contributed by atoms with Crippen molar-refractivity contribution in [1.29, 1.82) is 0 Å². The van der Waals surface area contributed by atoms with Crippen LogP contribution in [0.25, 0.3) is 0 Å². The van der Waals surface area contributed by atoms with Gasteiger partial charge >= 0.3 is 0 Å². The third-order valence-corrected chi connectivity index (χ3v) is 2.42. The number of carbonyl (C=O) groups excluding carboxylic acids is 1. The monoisotopic (exact) mass is 213 g/mol. The molecule has 0 atom stereocenters. The molecule has 5 nitrogen and oxygen atoms in total. The summed E-state index contributed by atoms with van der Waals surface area (Å²) in [6.45, 7) is 4.32. The quantitative estimate of drug-likeness (QED) is 0.541. The summed E-state index contributed by atoms with van der Waals surface area (Å²) in [4.78, 5) is 18.0. The van der Waals surface area contributed by atoms with Crippen LogP contribution in [0.5, 0.6) is 0 Å². The highest BCUT2D eigenvalue weighted by Gasteiger charge is 2.16. The number of amides is 1. The minimum Gasteiger partial charge on any atom is -0.396 e. The fourth-order valence-corrected chi connectivity index (χ4v) is 1.46. The van der Waals surface area contributed by atoms with E-state index in [0.717, 1.165) is 38.1 Å². The molecule has 1 saturated heterocycles. The summed E-state index contributed by atoms with van der Waals surface area (Å²) < 4.78 is 0. The van der Waals surface area contributed by atoms with Crippen LogP contribution in [0.3, 0.4) is 0 Å². The topological polar surface area (TPSA) is 67.9 Å². The Morgan fingerprint density at radius 3 is 2.73 bits per heavy atom. The summed E-state index contributed by atoms with van der Waals surface area (Å²) in [6, 6.07) is 0. The second-order valence-corrected chi connectivity index (χ2v) is 3.64. The van der Waals surface area contributed by atoms with E-state index in [9.17, 15) is 4.79 Å². The molecule has 5 heteroatoms. The Bertz CT molecular complexity index is 231. The number of rotatable bonds is 4. The first-order valence-electron chi connectivity index (χ1n) is 5.37. The zero-order valence-electron chi connectivity index (χ0n) is 9.24. The maximum Gasteiger partial charge on any atom is 0.219 e. The number of hydrogen-bond donors (Lipinski definition) is 1. The van der Waals surface area contributed by atoms with Gasteiger partial charge in [0.05, 0.1) is 5.71 Å². The molecule has 1 aliphatic rings. The van der Waals surface area contributed by atoms with Crippen LogP contribution >= 0.6 is 0 Å². The van der Waals surface area contributed by atoms with Crippen molar-refractivity contribution >= 4 is 11.6 Å². The highest BCUT2D eigenvalue weighted by molar-refractivity contribution is 5.86. The standard InChI is InChI=1S/C10H19N3O2/c1-9(14)13-6-3-10(4-7-13)12-15-8-2-5-11/h2-8,11H2,1H3. The molecule has 1 fully saturated rings. The second-order valence-electron chi connectivity index (χ2n) is 3.64. The normalized spacial score (nSPS) is 16.4. The van der Waals surface area contributed by atoms with Gasteiger partial charge in [-0.2, -0.15) is 0 Å². The van der Waals surface area contributed by atoms with Gasteiger partial charge < -0.3 is 15.5 Å². The van der Waals surface area contributed by atoms with E-state index in [1.807, 2.05) is 4.90 Å². The van der Waals surface area contributed by atoms with Crippen molar-refractivity contribution in [3.63, 3.8) is 0 Å². The van der Waals surface area contributed by atoms with Gasteiger partial charge in [0.15, 0.2) is 0 Å². The molecule has 2 N–H and O–H groups in total. The van der Waals surface area contributed by atoms with Gasteiger partial charge in [0.1, 0.15) is 6.61 Å². The van der Waals surface area contributed by atoms with Gasteiger partial charge in [-0.3, -0.25) is 4.79 Å². The van der Waals surface area contributed by atoms with Gasteiger partial charge in [-0.15, -0.1) is 0 Å². The lowest BCUT2D eigenvalue weighted by atomic mass is 10.1. The van der Waals surface area contributed by atoms with Gasteiger partial charge in [0.2, 0.25) is 5.91 Å². The van der Waals surface area contributed by atoms with E-state index in [1.165, 1.54) is 0 Å². The summed E-state index contributed by atoms with van der Waals surface area (Å²) in [6.07, 6.45) is 2.47. The zero-order valence-corrected chi connectivity index (χ0v) is 9.24. The molecule has 86 valence electrons. The average Bonchev–Trinajstić information content (AvgIpc) is 2.25. The smallest absolute Gasteiger partial charge is 0.219 e. The molecular formula is C10H19N3O2. The van der Waals surface area contributed by atoms with Crippen LogP contribution in [0.2, 0.25) is 0 Å². The molecule has 0 unspecified atom stereocenters. The van der Waals surface area contributed by atoms with Gasteiger partial charge in [-0.1, -0.05) is 5.16 Å². The second kappa shape index (κ2) is 6.40. The van der Waals surface area contributed by atoms with Crippen LogP contribution in [-0.4, -0.2) is 42.8 Å². The van der Waals surface area contributed by atoms with Gasteiger partial charge in [0, 0.05) is 32.9 Å². The van der Waals surface area contributed by atoms with Crippen molar-refractivity contribution in [2.24, 2.45) is 10.9 Å². The largest absolute Gasteiger partial charge is 0.396 e. The van der Waals surface area contributed by atoms with E-state index < -0.39 is 0 Å². The summed E-state index contributed by atoms with van der Waals surface area (Å²) in [5, 5.41) is 4.04. The Labute approximate surface area is 90.2 Å². The van der Waals surface area contributed by atoms with E-state index in [2.05, 4.69) is 5.16 Å². The Hall–Kier alpha value is -1.10. The van der Waals surface area contributed by atoms with E-state index in [0.29, 0.717) is 13.2 Å². The number of nitrogens with zero attached hydrogens (tertiary/aromatic N) is 2. The van der Waals surface area contributed by atoms with Crippen molar-refractivity contribution in [3.8, 4) is 0 Å². The number of hydrogen-bond acceptors (Lipinski definition) is 4. The number of piperidine rings is 1. The molecule has 1 amide bonds. The molecule has 1 aliphatic heterocycles. The minimum atomic E-state index is 0.137. The highest BCUT2D eigenvalue weighted by atomic mass is 16.6. The first-order chi connectivity index (χ1) is 7.24. The molecular weight excluding hydrogens is 194 g/mol.